The molecule has 1 amide bonds. The fourth-order valence-corrected chi connectivity index (χ4v) is 2.20. The Bertz CT molecular complexity index is 263. The van der Waals surface area contributed by atoms with Gasteiger partial charge in [-0.15, -0.1) is 0 Å². The predicted octanol–water partition coefficient (Wildman–Crippen LogP) is 1.42. The van der Waals surface area contributed by atoms with Crippen molar-refractivity contribution in [1.82, 2.24) is 4.90 Å². The van der Waals surface area contributed by atoms with Gasteiger partial charge in [-0.25, -0.2) is 0 Å². The van der Waals surface area contributed by atoms with Crippen molar-refractivity contribution in [2.75, 3.05) is 13.6 Å². The molecular weight excluding hydrogens is 183 g/mol. The zero-order chi connectivity index (χ0) is 9.85. The van der Waals surface area contributed by atoms with Gasteiger partial charge in [0, 0.05) is 13.6 Å². The summed E-state index contributed by atoms with van der Waals surface area (Å²) in [7, 11) is 1.56. The molecule has 74 valence electrons. The third-order valence-electron chi connectivity index (χ3n) is 3.14. The number of rotatable bonds is 0. The van der Waals surface area contributed by atoms with Crippen molar-refractivity contribution in [3.05, 3.63) is 0 Å². The van der Waals surface area contributed by atoms with Crippen LogP contribution >= 0.6 is 0 Å². The Labute approximate surface area is 73.7 Å². The molecule has 13 heavy (non-hydrogen) atoms. The van der Waals surface area contributed by atoms with E-state index < -0.39 is 17.5 Å². The number of alkyl halides is 3. The van der Waals surface area contributed by atoms with Crippen molar-refractivity contribution in [2.45, 2.75) is 19.0 Å². The van der Waals surface area contributed by atoms with E-state index in [1.165, 1.54) is 4.90 Å². The lowest BCUT2D eigenvalue weighted by atomic mass is 10.0. The zero-order valence-electron chi connectivity index (χ0n) is 7.19. The number of hydrogen-bond acceptors (Lipinski definition) is 1. The molecule has 0 N–H and O–H groups in total. The number of nitrogens with zero attached hydrogens (tertiary/aromatic N) is 1. The van der Waals surface area contributed by atoms with Crippen molar-refractivity contribution >= 4 is 5.91 Å². The van der Waals surface area contributed by atoms with Crippen molar-refractivity contribution in [2.24, 2.45) is 11.3 Å². The number of hydrogen-bond donors (Lipinski definition) is 0. The minimum atomic E-state index is -4.19. The van der Waals surface area contributed by atoms with Crippen LogP contribution in [0, 0.1) is 11.3 Å². The molecule has 2 unspecified atom stereocenters. The van der Waals surface area contributed by atoms with E-state index in [0.29, 0.717) is 13.0 Å². The predicted molar refractivity (Wildman–Crippen MR) is 38.8 cm³/mol. The molecule has 0 aromatic rings. The number of carbonyl (C=O) groups excluding carboxylic acids is 1. The van der Waals surface area contributed by atoms with Crippen LogP contribution in [0.5, 0.6) is 0 Å². The first-order chi connectivity index (χ1) is 5.88. The molecule has 5 heteroatoms. The fourth-order valence-electron chi connectivity index (χ4n) is 2.20. The summed E-state index contributed by atoms with van der Waals surface area (Å²) in [6.45, 7) is 0.464. The standard InChI is InChI=1S/C8H10F3NO/c1-12-3-2-7(6(12)13)4-5(7)8(9,10)11/h5H,2-4H2,1H3. The van der Waals surface area contributed by atoms with Crippen LogP contribution < -0.4 is 0 Å². The van der Waals surface area contributed by atoms with Gasteiger partial charge in [-0.05, 0) is 12.8 Å². The van der Waals surface area contributed by atoms with E-state index in [4.69, 9.17) is 0 Å². The van der Waals surface area contributed by atoms with Crippen LogP contribution in [0.3, 0.4) is 0 Å². The Morgan fingerprint density at radius 1 is 1.54 bits per heavy atom. The van der Waals surface area contributed by atoms with E-state index in [0.717, 1.165) is 0 Å². The van der Waals surface area contributed by atoms with Gasteiger partial charge in [-0.1, -0.05) is 0 Å². The van der Waals surface area contributed by atoms with Gasteiger partial charge < -0.3 is 4.90 Å². The molecule has 0 aromatic carbocycles. The number of halogens is 3. The maximum Gasteiger partial charge on any atom is 0.392 e. The van der Waals surface area contributed by atoms with Crippen LogP contribution in [0.25, 0.3) is 0 Å². The molecule has 0 aromatic heterocycles. The Balaban J connectivity index is 2.16. The molecule has 1 saturated heterocycles. The van der Waals surface area contributed by atoms with Crippen LogP contribution in [0.1, 0.15) is 12.8 Å². The maximum atomic E-state index is 12.3. The van der Waals surface area contributed by atoms with Gasteiger partial charge in [-0.3, -0.25) is 4.79 Å². The second-order valence-electron chi connectivity index (χ2n) is 3.93. The number of likely N-dealkylation sites (tertiary alicyclic amines) is 1. The minimum Gasteiger partial charge on any atom is -0.345 e. The summed E-state index contributed by atoms with van der Waals surface area (Å²) < 4.78 is 36.8. The molecule has 1 spiro atoms. The van der Waals surface area contributed by atoms with E-state index in [1.807, 2.05) is 0 Å². The van der Waals surface area contributed by atoms with Gasteiger partial charge in [-0.2, -0.15) is 13.2 Å². The highest BCUT2D eigenvalue weighted by atomic mass is 19.4. The van der Waals surface area contributed by atoms with Crippen LogP contribution in [0.4, 0.5) is 13.2 Å². The number of carbonyl (C=O) groups is 1. The minimum absolute atomic E-state index is 0.000324. The average Bonchev–Trinajstić information content (AvgIpc) is 2.68. The quantitative estimate of drug-likeness (QED) is 0.569. The van der Waals surface area contributed by atoms with Crippen LogP contribution in [0.15, 0.2) is 0 Å². The topological polar surface area (TPSA) is 20.3 Å². The second kappa shape index (κ2) is 2.19. The normalized spacial score (nSPS) is 38.9. The first kappa shape index (κ1) is 8.84. The van der Waals surface area contributed by atoms with Crippen molar-refractivity contribution < 1.29 is 18.0 Å². The van der Waals surface area contributed by atoms with Crippen LogP contribution in [-0.4, -0.2) is 30.6 Å². The molecule has 2 atom stereocenters. The highest BCUT2D eigenvalue weighted by Gasteiger charge is 2.72. The Morgan fingerprint density at radius 2 is 2.15 bits per heavy atom. The molecule has 1 aliphatic heterocycles. The Hall–Kier alpha value is -0.740. The summed E-state index contributed by atoms with van der Waals surface area (Å²) in [5, 5.41) is 0. The van der Waals surface area contributed by atoms with Gasteiger partial charge in [0.25, 0.3) is 0 Å². The molecule has 0 bridgehead atoms. The first-order valence-corrected chi connectivity index (χ1v) is 4.20. The molecule has 1 aliphatic carbocycles. The van der Waals surface area contributed by atoms with Gasteiger partial charge in [0.15, 0.2) is 0 Å². The number of amides is 1. The molecule has 0 radical (unpaired) electrons. The molecule has 1 saturated carbocycles. The van der Waals surface area contributed by atoms with Crippen molar-refractivity contribution in [3.63, 3.8) is 0 Å². The van der Waals surface area contributed by atoms with E-state index in [9.17, 15) is 18.0 Å². The van der Waals surface area contributed by atoms with Gasteiger partial charge >= 0.3 is 6.18 Å². The summed E-state index contributed by atoms with van der Waals surface area (Å²) in [5.41, 5.74) is -1.06. The highest BCUT2D eigenvalue weighted by Crippen LogP contribution is 2.64. The lowest BCUT2D eigenvalue weighted by Gasteiger charge is -2.11. The summed E-state index contributed by atoms with van der Waals surface area (Å²) in [6.07, 6.45) is -3.83. The lowest BCUT2D eigenvalue weighted by molar-refractivity contribution is -0.161. The Morgan fingerprint density at radius 3 is 2.46 bits per heavy atom. The molecule has 2 aliphatic rings. The molecule has 2 nitrogen and oxygen atoms in total. The average molecular weight is 193 g/mol. The first-order valence-electron chi connectivity index (χ1n) is 4.20. The van der Waals surface area contributed by atoms with Gasteiger partial charge in [0.1, 0.15) is 0 Å². The highest BCUT2D eigenvalue weighted by molar-refractivity contribution is 5.88. The summed E-state index contributed by atoms with van der Waals surface area (Å²) in [4.78, 5) is 12.8. The lowest BCUT2D eigenvalue weighted by Crippen LogP contribution is -2.27. The molecule has 2 fully saturated rings. The molecule has 2 rings (SSSR count). The van der Waals surface area contributed by atoms with Crippen LogP contribution in [-0.2, 0) is 4.79 Å². The SMILES string of the molecule is CN1CCC2(CC2C(F)(F)F)C1=O. The van der Waals surface area contributed by atoms with Crippen molar-refractivity contribution in [3.8, 4) is 0 Å². The van der Waals surface area contributed by atoms with E-state index in [-0.39, 0.29) is 12.3 Å². The fraction of sp³-hybridized carbons (Fsp3) is 0.875. The molecular formula is C8H10F3NO. The van der Waals surface area contributed by atoms with Crippen LogP contribution in [0.2, 0.25) is 0 Å². The van der Waals surface area contributed by atoms with E-state index in [1.54, 1.807) is 7.05 Å². The Kier molecular flexibility index (Phi) is 1.49. The largest absolute Gasteiger partial charge is 0.392 e. The monoisotopic (exact) mass is 193 g/mol. The molecule has 1 heterocycles. The second-order valence-corrected chi connectivity index (χ2v) is 3.93. The smallest absolute Gasteiger partial charge is 0.345 e. The summed E-state index contributed by atoms with van der Waals surface area (Å²) >= 11 is 0. The third-order valence-corrected chi connectivity index (χ3v) is 3.14. The van der Waals surface area contributed by atoms with Gasteiger partial charge in [0.2, 0.25) is 5.91 Å². The van der Waals surface area contributed by atoms with Gasteiger partial charge in [0.05, 0.1) is 11.3 Å². The summed E-state index contributed by atoms with van der Waals surface area (Å²) in [6, 6.07) is 0. The third kappa shape index (κ3) is 1.05. The summed E-state index contributed by atoms with van der Waals surface area (Å²) in [5.74, 6) is -1.70. The zero-order valence-corrected chi connectivity index (χ0v) is 7.19. The van der Waals surface area contributed by atoms with E-state index in [2.05, 4.69) is 0 Å². The maximum absolute atomic E-state index is 12.3. The van der Waals surface area contributed by atoms with E-state index >= 15 is 0 Å². The van der Waals surface area contributed by atoms with Crippen molar-refractivity contribution in [1.29, 1.82) is 0 Å².